The minimum Gasteiger partial charge on any atom is -0.396 e. The Kier molecular flexibility index (Phi) is 4.11. The van der Waals surface area contributed by atoms with Crippen LogP contribution in [-0.4, -0.2) is 11.7 Å². The number of rotatable bonds is 3. The molecule has 1 heteroatoms. The molecule has 0 spiro atoms. The fourth-order valence-corrected chi connectivity index (χ4v) is 2.93. The van der Waals surface area contributed by atoms with Crippen LogP contribution in [0.25, 0.3) is 0 Å². The van der Waals surface area contributed by atoms with Crippen LogP contribution in [0.1, 0.15) is 69.4 Å². The van der Waals surface area contributed by atoms with Crippen molar-refractivity contribution in [3.63, 3.8) is 0 Å². The Morgan fingerprint density at radius 2 is 1.72 bits per heavy atom. The average molecular weight is 246 g/mol. The Morgan fingerprint density at radius 1 is 1.17 bits per heavy atom. The highest BCUT2D eigenvalue weighted by Gasteiger charge is 2.27. The molecule has 0 aliphatic heterocycles. The molecular formula is C17H26O. The molecule has 2 rings (SSSR count). The molecule has 0 saturated heterocycles. The molecule has 0 amide bonds. The van der Waals surface area contributed by atoms with Crippen LogP contribution in [0.5, 0.6) is 0 Å². The van der Waals surface area contributed by atoms with Crippen molar-refractivity contribution in [3.05, 3.63) is 35.4 Å². The Morgan fingerprint density at radius 3 is 2.22 bits per heavy atom. The van der Waals surface area contributed by atoms with E-state index in [1.165, 1.54) is 36.8 Å². The highest BCUT2D eigenvalue weighted by Crippen LogP contribution is 2.42. The number of aliphatic hydroxyl groups is 1. The SMILES string of the molecule is CC(CO)c1ccc(C2CCC(C)(C)CC2)cc1. The van der Waals surface area contributed by atoms with Gasteiger partial charge in [-0.3, -0.25) is 0 Å². The van der Waals surface area contributed by atoms with Gasteiger partial charge in [-0.1, -0.05) is 45.0 Å². The van der Waals surface area contributed by atoms with Crippen LogP contribution in [-0.2, 0) is 0 Å². The first-order valence-corrected chi connectivity index (χ1v) is 7.22. The van der Waals surface area contributed by atoms with Gasteiger partial charge in [0.05, 0.1) is 0 Å². The van der Waals surface area contributed by atoms with Crippen molar-refractivity contribution < 1.29 is 5.11 Å². The third-order valence-corrected chi connectivity index (χ3v) is 4.59. The molecule has 1 nitrogen and oxygen atoms in total. The second-order valence-electron chi connectivity index (χ2n) is 6.69. The Hall–Kier alpha value is -0.820. The van der Waals surface area contributed by atoms with Crippen molar-refractivity contribution in [1.82, 2.24) is 0 Å². The van der Waals surface area contributed by atoms with E-state index in [4.69, 9.17) is 5.11 Å². The molecule has 1 aliphatic carbocycles. The summed E-state index contributed by atoms with van der Waals surface area (Å²) in [7, 11) is 0. The van der Waals surface area contributed by atoms with Gasteiger partial charge in [-0.2, -0.15) is 0 Å². The second kappa shape index (κ2) is 5.44. The third-order valence-electron chi connectivity index (χ3n) is 4.59. The maximum absolute atomic E-state index is 9.16. The second-order valence-corrected chi connectivity index (χ2v) is 6.69. The lowest BCUT2D eigenvalue weighted by Gasteiger charge is -2.34. The van der Waals surface area contributed by atoms with Gasteiger partial charge in [0.25, 0.3) is 0 Å². The molecule has 1 N–H and O–H groups in total. The molecule has 100 valence electrons. The first kappa shape index (κ1) is 13.6. The monoisotopic (exact) mass is 246 g/mol. The lowest BCUT2D eigenvalue weighted by Crippen LogP contribution is -2.20. The zero-order valence-electron chi connectivity index (χ0n) is 11.9. The molecule has 1 aliphatic rings. The fourth-order valence-electron chi connectivity index (χ4n) is 2.93. The van der Waals surface area contributed by atoms with E-state index in [1.54, 1.807) is 0 Å². The molecule has 0 heterocycles. The summed E-state index contributed by atoms with van der Waals surface area (Å²) in [6.07, 6.45) is 5.32. The van der Waals surface area contributed by atoms with E-state index in [-0.39, 0.29) is 12.5 Å². The van der Waals surface area contributed by atoms with Crippen molar-refractivity contribution in [1.29, 1.82) is 0 Å². The lowest BCUT2D eigenvalue weighted by atomic mass is 9.71. The predicted octanol–water partition coefficient (Wildman–Crippen LogP) is 4.47. The average Bonchev–Trinajstić information content (AvgIpc) is 2.38. The highest BCUT2D eigenvalue weighted by molar-refractivity contribution is 5.27. The number of hydrogen-bond donors (Lipinski definition) is 1. The molecule has 1 fully saturated rings. The maximum Gasteiger partial charge on any atom is 0.0497 e. The van der Waals surface area contributed by atoms with E-state index in [0.717, 1.165) is 5.92 Å². The molecule has 1 aromatic carbocycles. The van der Waals surface area contributed by atoms with E-state index >= 15 is 0 Å². The molecule has 0 aromatic heterocycles. The Labute approximate surface area is 111 Å². The molecule has 18 heavy (non-hydrogen) atoms. The molecule has 0 bridgehead atoms. The van der Waals surface area contributed by atoms with Crippen LogP contribution in [0.4, 0.5) is 0 Å². The Balaban J connectivity index is 2.02. The van der Waals surface area contributed by atoms with Gasteiger partial charge in [0, 0.05) is 12.5 Å². The summed E-state index contributed by atoms with van der Waals surface area (Å²) in [6, 6.07) is 8.92. The van der Waals surface area contributed by atoms with Crippen LogP contribution in [0, 0.1) is 5.41 Å². The largest absolute Gasteiger partial charge is 0.396 e. The van der Waals surface area contributed by atoms with Gasteiger partial charge in [0.1, 0.15) is 0 Å². The van der Waals surface area contributed by atoms with Crippen LogP contribution in [0.3, 0.4) is 0 Å². The van der Waals surface area contributed by atoms with E-state index in [0.29, 0.717) is 5.41 Å². The lowest BCUT2D eigenvalue weighted by molar-refractivity contribution is 0.224. The van der Waals surface area contributed by atoms with E-state index in [1.807, 2.05) is 0 Å². The normalized spacial score (nSPS) is 21.8. The topological polar surface area (TPSA) is 20.2 Å². The fraction of sp³-hybridized carbons (Fsp3) is 0.647. The predicted molar refractivity (Wildman–Crippen MR) is 76.9 cm³/mol. The van der Waals surface area contributed by atoms with E-state index in [9.17, 15) is 0 Å². The van der Waals surface area contributed by atoms with Crippen LogP contribution in [0.2, 0.25) is 0 Å². The van der Waals surface area contributed by atoms with Gasteiger partial charge in [-0.05, 0) is 48.1 Å². The van der Waals surface area contributed by atoms with Gasteiger partial charge in [-0.15, -0.1) is 0 Å². The quantitative estimate of drug-likeness (QED) is 0.834. The summed E-state index contributed by atoms with van der Waals surface area (Å²) in [5.41, 5.74) is 3.28. The van der Waals surface area contributed by atoms with E-state index in [2.05, 4.69) is 45.0 Å². The summed E-state index contributed by atoms with van der Waals surface area (Å²) in [5.74, 6) is 1.00. The molecule has 1 saturated carbocycles. The number of hydrogen-bond acceptors (Lipinski definition) is 1. The number of benzene rings is 1. The molecule has 1 atom stereocenters. The van der Waals surface area contributed by atoms with Crippen molar-refractivity contribution >= 4 is 0 Å². The van der Waals surface area contributed by atoms with Crippen molar-refractivity contribution in [2.75, 3.05) is 6.61 Å². The van der Waals surface area contributed by atoms with Gasteiger partial charge in [-0.25, -0.2) is 0 Å². The summed E-state index contributed by atoms with van der Waals surface area (Å²) >= 11 is 0. The van der Waals surface area contributed by atoms with Crippen molar-refractivity contribution in [2.24, 2.45) is 5.41 Å². The minimum absolute atomic E-state index is 0.233. The molecule has 1 aromatic rings. The number of aliphatic hydroxyl groups excluding tert-OH is 1. The third kappa shape index (κ3) is 3.14. The van der Waals surface area contributed by atoms with Crippen LogP contribution < -0.4 is 0 Å². The van der Waals surface area contributed by atoms with Gasteiger partial charge >= 0.3 is 0 Å². The summed E-state index contributed by atoms with van der Waals surface area (Å²) in [5, 5.41) is 9.16. The highest BCUT2D eigenvalue weighted by atomic mass is 16.3. The smallest absolute Gasteiger partial charge is 0.0497 e. The van der Waals surface area contributed by atoms with E-state index < -0.39 is 0 Å². The first-order valence-electron chi connectivity index (χ1n) is 7.22. The van der Waals surface area contributed by atoms with Crippen LogP contribution in [0.15, 0.2) is 24.3 Å². The van der Waals surface area contributed by atoms with Crippen LogP contribution >= 0.6 is 0 Å². The van der Waals surface area contributed by atoms with Gasteiger partial charge in [0.15, 0.2) is 0 Å². The maximum atomic E-state index is 9.16. The van der Waals surface area contributed by atoms with Crippen molar-refractivity contribution in [2.45, 2.75) is 58.3 Å². The minimum atomic E-state index is 0.233. The first-order chi connectivity index (χ1) is 8.52. The Bertz CT molecular complexity index is 367. The van der Waals surface area contributed by atoms with Crippen molar-refractivity contribution in [3.8, 4) is 0 Å². The molecule has 0 radical (unpaired) electrons. The summed E-state index contributed by atoms with van der Waals surface area (Å²) < 4.78 is 0. The zero-order valence-corrected chi connectivity index (χ0v) is 11.9. The zero-order chi connectivity index (χ0) is 13.2. The summed E-state index contributed by atoms with van der Waals surface area (Å²) in [4.78, 5) is 0. The molecule has 1 unspecified atom stereocenters. The standard InChI is InChI=1S/C17H26O/c1-13(12-18)14-4-6-15(7-5-14)16-8-10-17(2,3)11-9-16/h4-7,13,16,18H,8-12H2,1-3H3. The summed E-state index contributed by atoms with van der Waals surface area (Å²) in [6.45, 7) is 7.07. The van der Waals surface area contributed by atoms with Gasteiger partial charge in [0.2, 0.25) is 0 Å². The van der Waals surface area contributed by atoms with Gasteiger partial charge < -0.3 is 5.11 Å². The molecular weight excluding hydrogens is 220 g/mol.